The summed E-state index contributed by atoms with van der Waals surface area (Å²) in [7, 11) is -2.90. The fourth-order valence-corrected chi connectivity index (χ4v) is 3.70. The maximum Gasteiger partial charge on any atom is 0.154 e. The molecule has 1 saturated heterocycles. The molecule has 90 valence electrons. The van der Waals surface area contributed by atoms with Crippen molar-refractivity contribution < 1.29 is 13.5 Å². The highest BCUT2D eigenvalue weighted by Crippen LogP contribution is 2.22. The van der Waals surface area contributed by atoms with Gasteiger partial charge in [0.2, 0.25) is 0 Å². The largest absolute Gasteiger partial charge is 0.508 e. The van der Waals surface area contributed by atoms with Crippen molar-refractivity contribution in [2.75, 3.05) is 5.75 Å². The lowest BCUT2D eigenvalue weighted by Gasteiger charge is -2.02. The Balaban J connectivity index is 2.04. The highest BCUT2D eigenvalue weighted by molar-refractivity contribution is 7.92. The van der Waals surface area contributed by atoms with Crippen LogP contribution in [0.1, 0.15) is 24.8 Å². The molecule has 1 aromatic rings. The van der Waals surface area contributed by atoms with Crippen molar-refractivity contribution >= 4 is 9.84 Å². The molecular weight excluding hydrogens is 236 g/mol. The Kier molecular flexibility index (Phi) is 3.39. The van der Waals surface area contributed by atoms with Gasteiger partial charge < -0.3 is 5.11 Å². The Bertz CT molecular complexity index is 564. The summed E-state index contributed by atoms with van der Waals surface area (Å²) in [5.41, 5.74) is 0.709. The first kappa shape index (κ1) is 12.0. The first-order valence-electron chi connectivity index (χ1n) is 5.57. The van der Waals surface area contributed by atoms with Crippen molar-refractivity contribution in [3.05, 3.63) is 29.8 Å². The molecule has 1 unspecified atom stereocenters. The average molecular weight is 250 g/mol. The minimum atomic E-state index is -2.90. The Hall–Kier alpha value is -1.47. The Morgan fingerprint density at radius 2 is 2.24 bits per heavy atom. The van der Waals surface area contributed by atoms with Gasteiger partial charge in [-0.25, -0.2) is 8.42 Å². The third-order valence-corrected chi connectivity index (χ3v) is 5.15. The second-order valence-electron chi connectivity index (χ2n) is 4.19. The van der Waals surface area contributed by atoms with E-state index in [-0.39, 0.29) is 11.0 Å². The molecule has 1 aliphatic rings. The summed E-state index contributed by atoms with van der Waals surface area (Å²) in [4.78, 5) is 0. The second kappa shape index (κ2) is 4.80. The van der Waals surface area contributed by atoms with E-state index in [2.05, 4.69) is 11.8 Å². The standard InChI is InChI=1S/C13H14O3S/c14-12-6-1-4-11(10-12)5-2-7-13-8-3-9-17(13,15)16/h1,4,6,10,13-14H,3,7-9H2. The van der Waals surface area contributed by atoms with Gasteiger partial charge in [-0.15, -0.1) is 0 Å². The van der Waals surface area contributed by atoms with Gasteiger partial charge in [0.1, 0.15) is 5.75 Å². The van der Waals surface area contributed by atoms with Crippen molar-refractivity contribution in [3.8, 4) is 17.6 Å². The highest BCUT2D eigenvalue weighted by atomic mass is 32.2. The molecule has 0 spiro atoms. The summed E-state index contributed by atoms with van der Waals surface area (Å²) in [6.07, 6.45) is 1.86. The Labute approximate surface area is 101 Å². The van der Waals surface area contributed by atoms with Crippen LogP contribution in [0.4, 0.5) is 0 Å². The van der Waals surface area contributed by atoms with E-state index in [1.54, 1.807) is 24.3 Å². The van der Waals surface area contributed by atoms with Gasteiger partial charge in [0.25, 0.3) is 0 Å². The second-order valence-corrected chi connectivity index (χ2v) is 6.59. The molecule has 17 heavy (non-hydrogen) atoms. The monoisotopic (exact) mass is 250 g/mol. The molecule has 0 radical (unpaired) electrons. The molecule has 0 saturated carbocycles. The molecule has 1 N–H and O–H groups in total. The molecule has 4 heteroatoms. The van der Waals surface area contributed by atoms with E-state index in [1.165, 1.54) is 0 Å². The van der Waals surface area contributed by atoms with E-state index in [4.69, 9.17) is 0 Å². The van der Waals surface area contributed by atoms with Crippen LogP contribution in [0.2, 0.25) is 0 Å². The third kappa shape index (κ3) is 3.01. The van der Waals surface area contributed by atoms with Gasteiger partial charge in [-0.1, -0.05) is 17.9 Å². The Morgan fingerprint density at radius 1 is 1.41 bits per heavy atom. The van der Waals surface area contributed by atoms with Crippen LogP contribution in [-0.2, 0) is 9.84 Å². The first-order valence-corrected chi connectivity index (χ1v) is 7.29. The number of benzene rings is 1. The summed E-state index contributed by atoms with van der Waals surface area (Å²) in [5.74, 6) is 6.23. The normalized spacial score (nSPS) is 21.8. The zero-order chi connectivity index (χ0) is 12.3. The number of phenolic OH excluding ortho intramolecular Hbond substituents is 1. The van der Waals surface area contributed by atoms with E-state index in [9.17, 15) is 13.5 Å². The molecule has 0 bridgehead atoms. The molecule has 1 aromatic carbocycles. The van der Waals surface area contributed by atoms with E-state index in [0.29, 0.717) is 17.7 Å². The molecule has 1 atom stereocenters. The van der Waals surface area contributed by atoms with Crippen molar-refractivity contribution in [3.63, 3.8) is 0 Å². The zero-order valence-electron chi connectivity index (χ0n) is 9.39. The van der Waals surface area contributed by atoms with Crippen LogP contribution in [0.3, 0.4) is 0 Å². The minimum Gasteiger partial charge on any atom is -0.508 e. The number of rotatable bonds is 1. The van der Waals surface area contributed by atoms with E-state index in [1.807, 2.05) is 0 Å². The van der Waals surface area contributed by atoms with Gasteiger partial charge in [-0.2, -0.15) is 0 Å². The summed E-state index contributed by atoms with van der Waals surface area (Å²) in [6.45, 7) is 0. The molecule has 1 fully saturated rings. The Morgan fingerprint density at radius 3 is 2.88 bits per heavy atom. The summed E-state index contributed by atoms with van der Waals surface area (Å²) < 4.78 is 23.1. The highest BCUT2D eigenvalue weighted by Gasteiger charge is 2.30. The first-order chi connectivity index (χ1) is 8.08. The van der Waals surface area contributed by atoms with Crippen LogP contribution >= 0.6 is 0 Å². The lowest BCUT2D eigenvalue weighted by molar-refractivity contribution is 0.475. The number of phenols is 1. The zero-order valence-corrected chi connectivity index (χ0v) is 10.2. The molecule has 1 heterocycles. The number of hydrogen-bond acceptors (Lipinski definition) is 3. The summed E-state index contributed by atoms with van der Waals surface area (Å²) in [6, 6.07) is 6.64. The van der Waals surface area contributed by atoms with Crippen molar-refractivity contribution in [1.82, 2.24) is 0 Å². The van der Waals surface area contributed by atoms with E-state index in [0.717, 1.165) is 12.8 Å². The van der Waals surface area contributed by atoms with E-state index < -0.39 is 9.84 Å². The molecular formula is C13H14O3S. The van der Waals surface area contributed by atoms with Crippen LogP contribution in [0.25, 0.3) is 0 Å². The molecule has 1 aliphatic heterocycles. The van der Waals surface area contributed by atoms with Gasteiger partial charge in [0, 0.05) is 12.0 Å². The van der Waals surface area contributed by atoms with Crippen LogP contribution in [0.15, 0.2) is 24.3 Å². The fraction of sp³-hybridized carbons (Fsp3) is 0.385. The lowest BCUT2D eigenvalue weighted by atomic mass is 10.2. The quantitative estimate of drug-likeness (QED) is 0.772. The maximum absolute atomic E-state index is 11.6. The molecule has 2 rings (SSSR count). The predicted molar refractivity (Wildman–Crippen MR) is 66.4 cm³/mol. The van der Waals surface area contributed by atoms with Crippen LogP contribution in [0, 0.1) is 11.8 Å². The predicted octanol–water partition coefficient (Wildman–Crippen LogP) is 1.71. The van der Waals surface area contributed by atoms with E-state index >= 15 is 0 Å². The third-order valence-electron chi connectivity index (χ3n) is 2.87. The molecule has 0 amide bonds. The summed E-state index contributed by atoms with van der Waals surface area (Å²) in [5, 5.41) is 8.94. The fourth-order valence-electron chi connectivity index (χ4n) is 1.94. The van der Waals surface area contributed by atoms with Crippen molar-refractivity contribution in [2.45, 2.75) is 24.5 Å². The maximum atomic E-state index is 11.6. The van der Waals surface area contributed by atoms with Crippen molar-refractivity contribution in [2.24, 2.45) is 0 Å². The van der Waals surface area contributed by atoms with Gasteiger partial charge in [0.15, 0.2) is 9.84 Å². The average Bonchev–Trinajstić information content (AvgIpc) is 2.58. The molecule has 0 aromatic heterocycles. The molecule has 3 nitrogen and oxygen atoms in total. The topological polar surface area (TPSA) is 54.4 Å². The van der Waals surface area contributed by atoms with Gasteiger partial charge >= 0.3 is 0 Å². The number of sulfone groups is 1. The smallest absolute Gasteiger partial charge is 0.154 e. The van der Waals surface area contributed by atoms with Crippen LogP contribution in [0.5, 0.6) is 5.75 Å². The lowest BCUT2D eigenvalue weighted by Crippen LogP contribution is -2.14. The van der Waals surface area contributed by atoms with Crippen molar-refractivity contribution in [1.29, 1.82) is 0 Å². The van der Waals surface area contributed by atoms with Gasteiger partial charge in [-0.05, 0) is 31.0 Å². The summed E-state index contributed by atoms with van der Waals surface area (Å²) >= 11 is 0. The van der Waals surface area contributed by atoms with Crippen LogP contribution in [-0.4, -0.2) is 24.5 Å². The number of hydrogen-bond donors (Lipinski definition) is 1. The SMILES string of the molecule is O=S1(=O)CCCC1CC#Cc1cccc(O)c1. The molecule has 0 aliphatic carbocycles. The number of aromatic hydroxyl groups is 1. The van der Waals surface area contributed by atoms with Gasteiger partial charge in [0.05, 0.1) is 11.0 Å². The van der Waals surface area contributed by atoms with Crippen LogP contribution < -0.4 is 0 Å². The minimum absolute atomic E-state index is 0.172. The van der Waals surface area contributed by atoms with Gasteiger partial charge in [-0.3, -0.25) is 0 Å².